The molecule has 0 saturated carbocycles. The zero-order chi connectivity index (χ0) is 12.0. The van der Waals surface area contributed by atoms with Gasteiger partial charge in [-0.05, 0) is 26.0 Å². The second-order valence-corrected chi connectivity index (χ2v) is 4.27. The SMILES string of the molecule is Cc1nn(C)c(C)c1-c1nc2ccccc2[nH]1. The highest BCUT2D eigenvalue weighted by atomic mass is 15.3. The Labute approximate surface area is 99.3 Å². The Hall–Kier alpha value is -2.10. The highest BCUT2D eigenvalue weighted by Gasteiger charge is 2.14. The predicted octanol–water partition coefficient (Wildman–Crippen LogP) is 2.58. The largest absolute Gasteiger partial charge is 0.338 e. The first kappa shape index (κ1) is 10.1. The summed E-state index contributed by atoms with van der Waals surface area (Å²) in [6.07, 6.45) is 0. The number of hydrogen-bond acceptors (Lipinski definition) is 2. The number of imidazole rings is 1. The van der Waals surface area contributed by atoms with E-state index in [1.54, 1.807) is 0 Å². The Balaban J connectivity index is 2.27. The van der Waals surface area contributed by atoms with Gasteiger partial charge in [-0.15, -0.1) is 0 Å². The average molecular weight is 226 g/mol. The van der Waals surface area contributed by atoms with E-state index in [1.165, 1.54) is 0 Å². The molecule has 0 aliphatic heterocycles. The molecule has 17 heavy (non-hydrogen) atoms. The Morgan fingerprint density at radius 3 is 2.59 bits per heavy atom. The van der Waals surface area contributed by atoms with Crippen LogP contribution in [0.4, 0.5) is 0 Å². The number of aromatic amines is 1. The van der Waals surface area contributed by atoms with Crippen molar-refractivity contribution in [2.24, 2.45) is 7.05 Å². The standard InChI is InChI=1S/C13H14N4/c1-8-12(9(2)17(3)16-8)13-14-10-6-4-5-7-11(10)15-13/h4-7H,1-3H3,(H,14,15). The minimum atomic E-state index is 0.898. The summed E-state index contributed by atoms with van der Waals surface area (Å²) in [5.74, 6) is 0.898. The van der Waals surface area contributed by atoms with Crippen molar-refractivity contribution in [3.63, 3.8) is 0 Å². The lowest BCUT2D eigenvalue weighted by molar-refractivity contribution is 0.731. The minimum absolute atomic E-state index is 0.898. The summed E-state index contributed by atoms with van der Waals surface area (Å²) in [6, 6.07) is 8.05. The van der Waals surface area contributed by atoms with Crippen LogP contribution in [0.2, 0.25) is 0 Å². The maximum atomic E-state index is 4.61. The molecule has 0 fully saturated rings. The molecule has 0 radical (unpaired) electrons. The van der Waals surface area contributed by atoms with Crippen LogP contribution in [0.1, 0.15) is 11.4 Å². The van der Waals surface area contributed by atoms with Crippen LogP contribution in [0.25, 0.3) is 22.4 Å². The fourth-order valence-electron chi connectivity index (χ4n) is 2.19. The fraction of sp³-hybridized carbons (Fsp3) is 0.231. The first-order valence-electron chi connectivity index (χ1n) is 5.62. The van der Waals surface area contributed by atoms with Gasteiger partial charge >= 0.3 is 0 Å². The van der Waals surface area contributed by atoms with Crippen molar-refractivity contribution in [1.29, 1.82) is 0 Å². The highest BCUT2D eigenvalue weighted by Crippen LogP contribution is 2.25. The van der Waals surface area contributed by atoms with Gasteiger partial charge in [-0.2, -0.15) is 5.10 Å². The van der Waals surface area contributed by atoms with E-state index in [0.717, 1.165) is 33.8 Å². The van der Waals surface area contributed by atoms with E-state index in [0.29, 0.717) is 0 Å². The van der Waals surface area contributed by atoms with E-state index in [1.807, 2.05) is 42.9 Å². The summed E-state index contributed by atoms with van der Waals surface area (Å²) in [5, 5.41) is 4.41. The lowest BCUT2D eigenvalue weighted by Crippen LogP contribution is -1.92. The van der Waals surface area contributed by atoms with Crippen LogP contribution in [0.5, 0.6) is 0 Å². The number of aryl methyl sites for hydroxylation is 2. The van der Waals surface area contributed by atoms with Crippen LogP contribution in [-0.4, -0.2) is 19.7 Å². The van der Waals surface area contributed by atoms with Gasteiger partial charge in [0, 0.05) is 12.7 Å². The molecule has 1 aromatic carbocycles. The molecule has 2 aromatic heterocycles. The van der Waals surface area contributed by atoms with E-state index in [4.69, 9.17) is 0 Å². The molecule has 0 aliphatic rings. The summed E-state index contributed by atoms with van der Waals surface area (Å²) in [7, 11) is 1.95. The van der Waals surface area contributed by atoms with Crippen molar-refractivity contribution >= 4 is 11.0 Å². The zero-order valence-corrected chi connectivity index (χ0v) is 10.2. The van der Waals surface area contributed by atoms with Crippen LogP contribution in [0.15, 0.2) is 24.3 Å². The molecular formula is C13H14N4. The van der Waals surface area contributed by atoms with E-state index >= 15 is 0 Å². The molecule has 2 heterocycles. The van der Waals surface area contributed by atoms with E-state index in [-0.39, 0.29) is 0 Å². The van der Waals surface area contributed by atoms with Gasteiger partial charge in [0.1, 0.15) is 5.82 Å². The first-order valence-corrected chi connectivity index (χ1v) is 5.62. The first-order chi connectivity index (χ1) is 8.16. The number of para-hydroxylation sites is 2. The molecule has 1 N–H and O–H groups in total. The Morgan fingerprint density at radius 2 is 1.94 bits per heavy atom. The highest BCUT2D eigenvalue weighted by molar-refractivity contribution is 5.80. The summed E-state index contributed by atoms with van der Waals surface area (Å²) < 4.78 is 1.89. The third kappa shape index (κ3) is 1.45. The third-order valence-electron chi connectivity index (χ3n) is 3.14. The number of nitrogens with one attached hydrogen (secondary N) is 1. The molecule has 86 valence electrons. The second-order valence-electron chi connectivity index (χ2n) is 4.27. The number of hydrogen-bond donors (Lipinski definition) is 1. The maximum absolute atomic E-state index is 4.61. The predicted molar refractivity (Wildman–Crippen MR) is 67.8 cm³/mol. The fourth-order valence-corrected chi connectivity index (χ4v) is 2.19. The summed E-state index contributed by atoms with van der Waals surface area (Å²) in [6.45, 7) is 4.07. The Bertz CT molecular complexity index is 658. The van der Waals surface area contributed by atoms with Crippen LogP contribution in [0, 0.1) is 13.8 Å². The Morgan fingerprint density at radius 1 is 1.18 bits per heavy atom. The number of fused-ring (bicyclic) bond motifs is 1. The van der Waals surface area contributed by atoms with Crippen molar-refractivity contribution in [2.75, 3.05) is 0 Å². The topological polar surface area (TPSA) is 46.5 Å². The smallest absolute Gasteiger partial charge is 0.142 e. The number of aromatic nitrogens is 4. The lowest BCUT2D eigenvalue weighted by atomic mass is 10.2. The lowest BCUT2D eigenvalue weighted by Gasteiger charge is -1.96. The molecule has 4 nitrogen and oxygen atoms in total. The van der Waals surface area contributed by atoms with Crippen molar-refractivity contribution in [1.82, 2.24) is 19.7 Å². The molecule has 0 spiro atoms. The molecule has 0 aliphatic carbocycles. The average Bonchev–Trinajstić information content (AvgIpc) is 2.81. The van der Waals surface area contributed by atoms with Gasteiger partial charge in [-0.1, -0.05) is 12.1 Å². The monoisotopic (exact) mass is 226 g/mol. The van der Waals surface area contributed by atoms with Crippen molar-refractivity contribution in [2.45, 2.75) is 13.8 Å². The minimum Gasteiger partial charge on any atom is -0.338 e. The van der Waals surface area contributed by atoms with Gasteiger partial charge in [0.25, 0.3) is 0 Å². The summed E-state index contributed by atoms with van der Waals surface area (Å²) >= 11 is 0. The van der Waals surface area contributed by atoms with Gasteiger partial charge < -0.3 is 4.98 Å². The molecule has 3 aromatic rings. The molecule has 0 atom stereocenters. The number of H-pyrrole nitrogens is 1. The van der Waals surface area contributed by atoms with Crippen molar-refractivity contribution in [3.8, 4) is 11.4 Å². The van der Waals surface area contributed by atoms with E-state index in [2.05, 4.69) is 22.0 Å². The van der Waals surface area contributed by atoms with E-state index in [9.17, 15) is 0 Å². The normalized spacial score (nSPS) is 11.2. The zero-order valence-electron chi connectivity index (χ0n) is 10.2. The van der Waals surface area contributed by atoms with Crippen LogP contribution in [-0.2, 0) is 7.05 Å². The Kier molecular flexibility index (Phi) is 2.04. The van der Waals surface area contributed by atoms with Gasteiger partial charge in [-0.25, -0.2) is 4.98 Å². The molecule has 0 amide bonds. The number of nitrogens with zero attached hydrogens (tertiary/aromatic N) is 3. The van der Waals surface area contributed by atoms with Gasteiger partial charge in [0.2, 0.25) is 0 Å². The molecule has 4 heteroatoms. The molecule has 0 saturated heterocycles. The molecular weight excluding hydrogens is 212 g/mol. The van der Waals surface area contributed by atoms with Gasteiger partial charge in [0.05, 0.1) is 22.3 Å². The summed E-state index contributed by atoms with van der Waals surface area (Å²) in [4.78, 5) is 7.95. The second kappa shape index (κ2) is 3.45. The van der Waals surface area contributed by atoms with Gasteiger partial charge in [-0.3, -0.25) is 4.68 Å². The molecule has 0 unspecified atom stereocenters. The molecule has 3 rings (SSSR count). The quantitative estimate of drug-likeness (QED) is 0.693. The van der Waals surface area contributed by atoms with Crippen LogP contribution in [0.3, 0.4) is 0 Å². The number of benzene rings is 1. The number of rotatable bonds is 1. The maximum Gasteiger partial charge on any atom is 0.142 e. The van der Waals surface area contributed by atoms with Crippen LogP contribution < -0.4 is 0 Å². The van der Waals surface area contributed by atoms with Crippen LogP contribution >= 0.6 is 0 Å². The molecule has 0 bridgehead atoms. The summed E-state index contributed by atoms with van der Waals surface area (Å²) in [5.41, 5.74) is 5.28. The third-order valence-corrected chi connectivity index (χ3v) is 3.14. The van der Waals surface area contributed by atoms with E-state index < -0.39 is 0 Å². The van der Waals surface area contributed by atoms with Crippen molar-refractivity contribution < 1.29 is 0 Å². The van der Waals surface area contributed by atoms with Gasteiger partial charge in [0.15, 0.2) is 0 Å². The van der Waals surface area contributed by atoms with Crippen molar-refractivity contribution in [3.05, 3.63) is 35.7 Å².